The molecule has 0 saturated carbocycles. The number of hydrogen-bond acceptors (Lipinski definition) is 4. The van der Waals surface area contributed by atoms with Crippen molar-refractivity contribution in [1.82, 2.24) is 14.5 Å². The zero-order valence-electron chi connectivity index (χ0n) is 41.0. The van der Waals surface area contributed by atoms with Gasteiger partial charge in [-0.25, -0.2) is 0 Å². The molecule has 0 unspecified atom stereocenters. The maximum Gasteiger partial charge on any atom is 0.122 e. The molecular weight excluding hydrogens is 949 g/mol. The maximum atomic E-state index is 9.58. The Hall–Kier alpha value is -6.90. The molecule has 6 heteroatoms. The number of hydrogen-bond donors (Lipinski definition) is 0. The average molecular weight is 999 g/mol. The van der Waals surface area contributed by atoms with Gasteiger partial charge in [-0.2, -0.15) is 5.26 Å². The number of nitrogens with zero attached hydrogens (tertiary/aromatic N) is 4. The Labute approximate surface area is 389 Å². The van der Waals surface area contributed by atoms with Crippen molar-refractivity contribution in [2.45, 2.75) is 53.2 Å². The summed E-state index contributed by atoms with van der Waals surface area (Å²) < 4.78 is 52.6. The van der Waals surface area contributed by atoms with Gasteiger partial charge < -0.3 is 14.0 Å². The standard InChI is InChI=1S/C44H32N3O.C13H12N.Ir/c1-25(2)35-23-36-30-14-6-5-12-28(30)29-13-7-8-15-32(29)41(36)40(26(3)4)42(35)47-38-19-10-9-18-37(38)46-44(47)34-17-11-16-33-31-21-20-27(24-45)22-39(31)48-43(33)34;1-10-3-6-12(7-4-10)13-8-5-11(2)9-14-13;/h5-16,18-23,25-26H,1-4H3;3-6,8-9H,1-2H3;/q2*-1;/i;1D3,2D3;. The summed E-state index contributed by atoms with van der Waals surface area (Å²) in [7, 11) is 0. The van der Waals surface area contributed by atoms with Crippen LogP contribution in [0.25, 0.3) is 93.6 Å². The second-order valence-electron chi connectivity index (χ2n) is 16.3. The molecule has 0 aliphatic rings. The first kappa shape index (κ1) is 34.7. The number of furan rings is 1. The summed E-state index contributed by atoms with van der Waals surface area (Å²) in [6.45, 7) is 4.85. The molecule has 0 aliphatic heterocycles. The Morgan fingerprint density at radius 2 is 1.41 bits per heavy atom. The van der Waals surface area contributed by atoms with Crippen LogP contribution in [0.15, 0.2) is 150 Å². The summed E-state index contributed by atoms with van der Waals surface area (Å²) in [4.78, 5) is 9.40. The van der Waals surface area contributed by atoms with Gasteiger partial charge in [-0.05, 0) is 104 Å². The number of para-hydroxylation sites is 2. The molecular formula is C57H44IrN4O-2. The first-order valence-corrected chi connectivity index (χ1v) is 20.8. The van der Waals surface area contributed by atoms with Gasteiger partial charge in [-0.3, -0.25) is 4.98 Å². The minimum Gasteiger partial charge on any atom is -0.500 e. The normalized spacial score (nSPS) is 13.3. The summed E-state index contributed by atoms with van der Waals surface area (Å²) in [5, 5.41) is 19.2. The van der Waals surface area contributed by atoms with E-state index in [0.717, 1.165) is 33.2 Å². The number of aryl methyl sites for hydroxylation is 2. The third kappa shape index (κ3) is 7.18. The SMILES string of the molecule is CC(C)c1cc2c3ccccc3c3ccccc3c2c(C(C)C)c1-n1c(-c2[c-]ccc3c2oc2cc(C#N)ccc23)nc2ccccc21.[2H]C([2H])([2H])c1c[c-]c(-c2ccc(C([2H])([2H])[2H])cn2)cc1.[Ir]. The van der Waals surface area contributed by atoms with Gasteiger partial charge >= 0.3 is 0 Å². The number of fused-ring (bicyclic) bond motifs is 10. The molecule has 11 rings (SSSR count). The Morgan fingerprint density at radius 3 is 2.10 bits per heavy atom. The van der Waals surface area contributed by atoms with Crippen LogP contribution in [0.4, 0.5) is 0 Å². The number of imidazole rings is 1. The van der Waals surface area contributed by atoms with Crippen molar-refractivity contribution in [1.29, 1.82) is 5.26 Å². The molecule has 11 aromatic rings. The predicted octanol–water partition coefficient (Wildman–Crippen LogP) is 15.1. The number of pyridine rings is 1. The van der Waals surface area contributed by atoms with Crippen LogP contribution in [-0.4, -0.2) is 14.5 Å². The van der Waals surface area contributed by atoms with E-state index in [1.54, 1.807) is 12.1 Å². The third-order valence-corrected chi connectivity index (χ3v) is 11.7. The van der Waals surface area contributed by atoms with Gasteiger partial charge in [0.15, 0.2) is 0 Å². The van der Waals surface area contributed by atoms with Crippen molar-refractivity contribution in [2.75, 3.05) is 0 Å². The van der Waals surface area contributed by atoms with E-state index in [1.165, 1.54) is 73.5 Å². The Balaban J connectivity index is 0.000000238. The summed E-state index contributed by atoms with van der Waals surface area (Å²) >= 11 is 0. The van der Waals surface area contributed by atoms with Crippen molar-refractivity contribution in [3.8, 4) is 34.4 Å². The number of aromatic nitrogens is 3. The molecule has 0 atom stereocenters. The molecule has 309 valence electrons. The Morgan fingerprint density at radius 1 is 0.698 bits per heavy atom. The molecule has 0 spiro atoms. The minimum atomic E-state index is -2.18. The summed E-state index contributed by atoms with van der Waals surface area (Å²) in [6.07, 6.45) is 1.30. The van der Waals surface area contributed by atoms with Crippen LogP contribution in [0.2, 0.25) is 0 Å². The van der Waals surface area contributed by atoms with Gasteiger partial charge in [-0.15, -0.1) is 53.6 Å². The molecule has 0 fully saturated rings. The largest absolute Gasteiger partial charge is 0.500 e. The first-order valence-electron chi connectivity index (χ1n) is 23.8. The molecule has 63 heavy (non-hydrogen) atoms. The van der Waals surface area contributed by atoms with Crippen molar-refractivity contribution in [2.24, 2.45) is 0 Å². The fourth-order valence-corrected chi connectivity index (χ4v) is 8.89. The molecule has 0 N–H and O–H groups in total. The van der Waals surface area contributed by atoms with Gasteiger partial charge in [0.05, 0.1) is 34.1 Å². The molecule has 5 nitrogen and oxygen atoms in total. The van der Waals surface area contributed by atoms with Crippen LogP contribution >= 0.6 is 0 Å². The molecule has 1 radical (unpaired) electrons. The molecule has 0 amide bonds. The van der Waals surface area contributed by atoms with E-state index in [2.05, 4.69) is 128 Å². The number of nitriles is 1. The average Bonchev–Trinajstić information content (AvgIpc) is 3.91. The van der Waals surface area contributed by atoms with Crippen LogP contribution < -0.4 is 0 Å². The van der Waals surface area contributed by atoms with Crippen molar-refractivity contribution in [3.05, 3.63) is 186 Å². The summed E-state index contributed by atoms with van der Waals surface area (Å²) in [5.41, 5.74) is 10.0. The molecule has 0 bridgehead atoms. The fourth-order valence-electron chi connectivity index (χ4n) is 8.89. The van der Waals surface area contributed by atoms with Crippen molar-refractivity contribution >= 4 is 65.3 Å². The van der Waals surface area contributed by atoms with E-state index in [-0.39, 0.29) is 43.1 Å². The van der Waals surface area contributed by atoms with Gasteiger partial charge in [0.2, 0.25) is 0 Å². The fraction of sp³-hybridized carbons (Fsp3) is 0.140. The number of rotatable bonds is 5. The monoisotopic (exact) mass is 999 g/mol. The second-order valence-corrected chi connectivity index (χ2v) is 16.3. The third-order valence-electron chi connectivity index (χ3n) is 11.7. The van der Waals surface area contributed by atoms with Crippen LogP contribution in [-0.2, 0) is 20.1 Å². The van der Waals surface area contributed by atoms with Crippen molar-refractivity contribution in [3.63, 3.8) is 0 Å². The van der Waals surface area contributed by atoms with Gasteiger partial charge in [0, 0.05) is 45.6 Å². The van der Waals surface area contributed by atoms with Gasteiger partial charge in [0.25, 0.3) is 0 Å². The molecule has 0 aliphatic carbocycles. The van der Waals surface area contributed by atoms with E-state index in [9.17, 15) is 5.26 Å². The first-order chi connectivity index (χ1) is 32.6. The zero-order chi connectivity index (χ0) is 47.6. The molecule has 3 heterocycles. The smallest absolute Gasteiger partial charge is 0.122 e. The van der Waals surface area contributed by atoms with Crippen LogP contribution in [0, 0.1) is 37.2 Å². The van der Waals surface area contributed by atoms with Crippen molar-refractivity contribution < 1.29 is 32.7 Å². The maximum absolute atomic E-state index is 9.58. The predicted molar refractivity (Wildman–Crippen MR) is 256 cm³/mol. The number of benzene rings is 8. The quantitative estimate of drug-likeness (QED) is 0.127. The second kappa shape index (κ2) is 16.8. The van der Waals surface area contributed by atoms with E-state index >= 15 is 0 Å². The van der Waals surface area contributed by atoms with E-state index in [4.69, 9.17) is 17.6 Å². The van der Waals surface area contributed by atoms with E-state index in [0.29, 0.717) is 28.0 Å². The zero-order valence-corrected chi connectivity index (χ0v) is 37.4. The van der Waals surface area contributed by atoms with Gasteiger partial charge in [0.1, 0.15) is 5.58 Å². The minimum absolute atomic E-state index is 0. The van der Waals surface area contributed by atoms with Gasteiger partial charge in [-0.1, -0.05) is 124 Å². The topological polar surface area (TPSA) is 67.6 Å². The Kier molecular flexibility index (Phi) is 9.22. The summed E-state index contributed by atoms with van der Waals surface area (Å²) in [5.74, 6) is 1.22. The molecule has 0 saturated heterocycles. The molecule has 8 aromatic carbocycles. The van der Waals surface area contributed by atoms with Crippen LogP contribution in [0.1, 0.15) is 75.6 Å². The summed E-state index contributed by atoms with van der Waals surface area (Å²) in [6, 6.07) is 54.3. The Bertz CT molecular complexity index is 3730. The van der Waals surface area contributed by atoms with Crippen LogP contribution in [0.5, 0.6) is 0 Å². The molecule has 3 aromatic heterocycles. The van der Waals surface area contributed by atoms with E-state index < -0.39 is 13.7 Å². The van der Waals surface area contributed by atoms with Crippen LogP contribution in [0.3, 0.4) is 0 Å². The van der Waals surface area contributed by atoms with E-state index in [1.807, 2.05) is 36.4 Å².